The molecular formula is C13H23N3O. The molecule has 0 aliphatic heterocycles. The van der Waals surface area contributed by atoms with E-state index in [0.29, 0.717) is 11.8 Å². The summed E-state index contributed by atoms with van der Waals surface area (Å²) < 4.78 is 5.25. The first kappa shape index (κ1) is 12.6. The van der Waals surface area contributed by atoms with E-state index in [9.17, 15) is 0 Å². The van der Waals surface area contributed by atoms with Gasteiger partial charge in [0.05, 0.1) is 6.04 Å². The van der Waals surface area contributed by atoms with Gasteiger partial charge in [-0.05, 0) is 25.2 Å². The second-order valence-electron chi connectivity index (χ2n) is 5.14. The highest BCUT2D eigenvalue weighted by molar-refractivity contribution is 5.00. The van der Waals surface area contributed by atoms with E-state index < -0.39 is 0 Å². The molecule has 3 atom stereocenters. The van der Waals surface area contributed by atoms with Crippen molar-refractivity contribution in [3.63, 3.8) is 0 Å². The van der Waals surface area contributed by atoms with E-state index >= 15 is 0 Å². The Morgan fingerprint density at radius 2 is 2.24 bits per heavy atom. The Morgan fingerprint density at radius 1 is 1.41 bits per heavy atom. The van der Waals surface area contributed by atoms with Gasteiger partial charge >= 0.3 is 0 Å². The van der Waals surface area contributed by atoms with Gasteiger partial charge in [0.25, 0.3) is 0 Å². The van der Waals surface area contributed by atoms with E-state index in [1.165, 1.54) is 32.1 Å². The van der Waals surface area contributed by atoms with Gasteiger partial charge in [-0.15, -0.1) is 0 Å². The highest BCUT2D eigenvalue weighted by atomic mass is 16.5. The van der Waals surface area contributed by atoms with Crippen molar-refractivity contribution in [1.82, 2.24) is 10.1 Å². The number of nitrogens with two attached hydrogens (primary N) is 1. The summed E-state index contributed by atoms with van der Waals surface area (Å²) in [5, 5.41) is 4.11. The molecule has 1 heterocycles. The lowest BCUT2D eigenvalue weighted by Crippen LogP contribution is -2.15. The smallest absolute Gasteiger partial charge is 0.243 e. The van der Waals surface area contributed by atoms with Crippen molar-refractivity contribution in [2.75, 3.05) is 0 Å². The lowest BCUT2D eigenvalue weighted by molar-refractivity contribution is 0.296. The van der Waals surface area contributed by atoms with Gasteiger partial charge in [0.1, 0.15) is 0 Å². The van der Waals surface area contributed by atoms with Crippen LogP contribution in [0.1, 0.15) is 76.0 Å². The number of rotatable bonds is 4. The van der Waals surface area contributed by atoms with Crippen molar-refractivity contribution in [3.05, 3.63) is 11.7 Å². The molecule has 0 bridgehead atoms. The molecule has 4 nitrogen and oxygen atoms in total. The van der Waals surface area contributed by atoms with E-state index in [4.69, 9.17) is 10.3 Å². The summed E-state index contributed by atoms with van der Waals surface area (Å²) in [6, 6.07) is -0.109. The van der Waals surface area contributed by atoms with E-state index in [0.717, 1.165) is 18.2 Å². The average molecular weight is 237 g/mol. The van der Waals surface area contributed by atoms with Crippen molar-refractivity contribution in [1.29, 1.82) is 0 Å². The molecule has 1 aromatic rings. The second-order valence-corrected chi connectivity index (χ2v) is 5.14. The zero-order valence-corrected chi connectivity index (χ0v) is 10.9. The SMILES string of the molecule is CCC1CCCC(c2noc([C@@H](N)CC)n2)C1. The number of aromatic nitrogens is 2. The van der Waals surface area contributed by atoms with Crippen LogP contribution in [-0.2, 0) is 0 Å². The zero-order chi connectivity index (χ0) is 12.3. The maximum absolute atomic E-state index is 5.89. The molecule has 0 saturated heterocycles. The molecule has 0 radical (unpaired) electrons. The Morgan fingerprint density at radius 3 is 2.94 bits per heavy atom. The van der Waals surface area contributed by atoms with Crippen LogP contribution in [-0.4, -0.2) is 10.1 Å². The van der Waals surface area contributed by atoms with Crippen LogP contribution in [0.2, 0.25) is 0 Å². The van der Waals surface area contributed by atoms with Gasteiger partial charge in [-0.3, -0.25) is 0 Å². The van der Waals surface area contributed by atoms with Crippen molar-refractivity contribution in [2.45, 2.75) is 64.3 Å². The quantitative estimate of drug-likeness (QED) is 0.873. The zero-order valence-electron chi connectivity index (χ0n) is 10.9. The topological polar surface area (TPSA) is 64.9 Å². The Kier molecular flexibility index (Phi) is 4.15. The molecule has 2 rings (SSSR count). The van der Waals surface area contributed by atoms with Crippen LogP contribution in [0.5, 0.6) is 0 Å². The predicted molar refractivity (Wildman–Crippen MR) is 66.5 cm³/mol. The summed E-state index contributed by atoms with van der Waals surface area (Å²) in [7, 11) is 0. The van der Waals surface area contributed by atoms with E-state index in [-0.39, 0.29) is 6.04 Å². The standard InChI is InChI=1S/C13H23N3O/c1-3-9-6-5-7-10(8-9)12-15-13(17-16-12)11(14)4-2/h9-11H,3-8,14H2,1-2H3/t9?,10?,11-/m0/s1. The van der Waals surface area contributed by atoms with Gasteiger partial charge in [0.15, 0.2) is 5.82 Å². The summed E-state index contributed by atoms with van der Waals surface area (Å²) in [5.74, 6) is 2.79. The third kappa shape index (κ3) is 2.86. The summed E-state index contributed by atoms with van der Waals surface area (Å²) in [4.78, 5) is 4.47. The molecule has 0 aromatic carbocycles. The Labute approximate surface area is 103 Å². The maximum atomic E-state index is 5.89. The minimum Gasteiger partial charge on any atom is -0.338 e. The lowest BCUT2D eigenvalue weighted by Gasteiger charge is -2.26. The Bertz CT molecular complexity index is 350. The fraction of sp³-hybridized carbons (Fsp3) is 0.846. The Hall–Kier alpha value is -0.900. The summed E-state index contributed by atoms with van der Waals surface area (Å²) in [6.45, 7) is 4.30. The van der Waals surface area contributed by atoms with Crippen LogP contribution in [0.25, 0.3) is 0 Å². The first-order valence-electron chi connectivity index (χ1n) is 6.83. The molecule has 1 aliphatic carbocycles. The largest absolute Gasteiger partial charge is 0.338 e. The average Bonchev–Trinajstić information content (AvgIpc) is 2.87. The van der Waals surface area contributed by atoms with Gasteiger partial charge in [-0.1, -0.05) is 38.3 Å². The molecule has 2 N–H and O–H groups in total. The third-order valence-corrected chi connectivity index (χ3v) is 3.94. The normalized spacial score (nSPS) is 27.0. The third-order valence-electron chi connectivity index (χ3n) is 3.94. The first-order chi connectivity index (χ1) is 8.24. The lowest BCUT2D eigenvalue weighted by atomic mass is 9.80. The fourth-order valence-electron chi connectivity index (χ4n) is 2.63. The molecule has 4 heteroatoms. The minimum atomic E-state index is -0.109. The van der Waals surface area contributed by atoms with Gasteiger partial charge < -0.3 is 10.3 Å². The molecule has 1 saturated carbocycles. The second kappa shape index (κ2) is 5.63. The van der Waals surface area contributed by atoms with Gasteiger partial charge in [0.2, 0.25) is 5.89 Å². The maximum Gasteiger partial charge on any atom is 0.243 e. The van der Waals surface area contributed by atoms with Gasteiger partial charge in [-0.2, -0.15) is 4.98 Å². The fourth-order valence-corrected chi connectivity index (χ4v) is 2.63. The van der Waals surface area contributed by atoms with Crippen LogP contribution in [0.4, 0.5) is 0 Å². The number of nitrogens with zero attached hydrogens (tertiary/aromatic N) is 2. The van der Waals surface area contributed by atoms with E-state index in [1.54, 1.807) is 0 Å². The summed E-state index contributed by atoms with van der Waals surface area (Å²) >= 11 is 0. The highest BCUT2D eigenvalue weighted by Crippen LogP contribution is 2.36. The molecule has 96 valence electrons. The molecule has 17 heavy (non-hydrogen) atoms. The van der Waals surface area contributed by atoms with Crippen molar-refractivity contribution >= 4 is 0 Å². The monoisotopic (exact) mass is 237 g/mol. The Balaban J connectivity index is 2.04. The number of hydrogen-bond donors (Lipinski definition) is 1. The molecule has 2 unspecified atom stereocenters. The van der Waals surface area contributed by atoms with Crippen molar-refractivity contribution in [2.24, 2.45) is 11.7 Å². The molecule has 1 aliphatic rings. The van der Waals surface area contributed by atoms with Crippen LogP contribution in [0.3, 0.4) is 0 Å². The predicted octanol–water partition coefficient (Wildman–Crippen LogP) is 3.16. The molecule has 1 fully saturated rings. The van der Waals surface area contributed by atoms with Crippen LogP contribution in [0, 0.1) is 5.92 Å². The van der Waals surface area contributed by atoms with Crippen molar-refractivity contribution < 1.29 is 4.52 Å². The highest BCUT2D eigenvalue weighted by Gasteiger charge is 2.26. The van der Waals surface area contributed by atoms with Crippen molar-refractivity contribution in [3.8, 4) is 0 Å². The minimum absolute atomic E-state index is 0.109. The molecule has 1 aromatic heterocycles. The van der Waals surface area contributed by atoms with E-state index in [1.807, 2.05) is 6.92 Å². The molecular weight excluding hydrogens is 214 g/mol. The van der Waals surface area contributed by atoms with E-state index in [2.05, 4.69) is 17.1 Å². The van der Waals surface area contributed by atoms with Crippen LogP contribution < -0.4 is 5.73 Å². The summed E-state index contributed by atoms with van der Waals surface area (Å²) in [5.41, 5.74) is 5.89. The summed E-state index contributed by atoms with van der Waals surface area (Å²) in [6.07, 6.45) is 7.13. The van der Waals surface area contributed by atoms with Crippen LogP contribution in [0.15, 0.2) is 4.52 Å². The molecule has 0 spiro atoms. The van der Waals surface area contributed by atoms with Gasteiger partial charge in [0, 0.05) is 5.92 Å². The molecule has 0 amide bonds. The van der Waals surface area contributed by atoms with Gasteiger partial charge in [-0.25, -0.2) is 0 Å². The van der Waals surface area contributed by atoms with Crippen LogP contribution >= 0.6 is 0 Å². The number of hydrogen-bond acceptors (Lipinski definition) is 4. The first-order valence-corrected chi connectivity index (χ1v) is 6.83.